The van der Waals surface area contributed by atoms with Gasteiger partial charge in [0.1, 0.15) is 17.6 Å². The maximum Gasteiger partial charge on any atom is 0.243 e. The van der Waals surface area contributed by atoms with Crippen LogP contribution < -0.4 is 10.1 Å². The van der Waals surface area contributed by atoms with Gasteiger partial charge in [0.05, 0.1) is 12.9 Å². The van der Waals surface area contributed by atoms with E-state index in [0.29, 0.717) is 24.3 Å². The third-order valence-corrected chi connectivity index (χ3v) is 6.90. The number of ether oxygens (including phenoxy) is 1. The molecule has 0 aliphatic rings. The minimum atomic E-state index is -0.769. The molecule has 0 fully saturated rings. The monoisotopic (exact) mass is 522 g/mol. The molecule has 0 aliphatic heterocycles. The molecule has 2 amide bonds. The molecule has 0 spiro atoms. The van der Waals surface area contributed by atoms with E-state index in [0.717, 1.165) is 16.9 Å². The first-order valence-electron chi connectivity index (χ1n) is 12.4. The van der Waals surface area contributed by atoms with Gasteiger partial charge in [-0.1, -0.05) is 74.5 Å². The summed E-state index contributed by atoms with van der Waals surface area (Å²) in [5, 5.41) is 2.99. The molecule has 0 unspecified atom stereocenters. The predicted octanol–water partition coefficient (Wildman–Crippen LogP) is 5.48. The first kappa shape index (κ1) is 28.3. The maximum absolute atomic E-state index is 14.6. The molecule has 3 rings (SSSR count). The lowest BCUT2D eigenvalue weighted by Crippen LogP contribution is -2.51. The van der Waals surface area contributed by atoms with Crippen molar-refractivity contribution in [2.75, 3.05) is 19.4 Å². The summed E-state index contributed by atoms with van der Waals surface area (Å²) in [5.41, 5.74) is 2.38. The van der Waals surface area contributed by atoms with Gasteiger partial charge in [0.15, 0.2) is 0 Å². The van der Waals surface area contributed by atoms with Crippen LogP contribution in [0.4, 0.5) is 4.39 Å². The van der Waals surface area contributed by atoms with Crippen molar-refractivity contribution in [3.63, 3.8) is 0 Å². The number of hydrogen-bond acceptors (Lipinski definition) is 4. The summed E-state index contributed by atoms with van der Waals surface area (Å²) >= 11 is 1.47. The lowest BCUT2D eigenvalue weighted by Gasteiger charge is -2.32. The van der Waals surface area contributed by atoms with Gasteiger partial charge in [-0.25, -0.2) is 4.39 Å². The number of nitrogens with one attached hydrogen (secondary N) is 1. The highest BCUT2D eigenvalue weighted by Crippen LogP contribution is 2.21. The molecule has 0 heterocycles. The largest absolute Gasteiger partial charge is 0.497 e. The number of nitrogens with zero attached hydrogens (tertiary/aromatic N) is 1. The zero-order valence-corrected chi connectivity index (χ0v) is 22.5. The molecule has 1 atom stereocenters. The number of methoxy groups -OCH3 is 1. The lowest BCUT2D eigenvalue weighted by atomic mass is 10.0. The van der Waals surface area contributed by atoms with Crippen LogP contribution in [0.25, 0.3) is 0 Å². The third kappa shape index (κ3) is 8.93. The van der Waals surface area contributed by atoms with Crippen LogP contribution in [0.2, 0.25) is 0 Å². The smallest absolute Gasteiger partial charge is 0.243 e. The second-order valence-electron chi connectivity index (χ2n) is 9.30. The van der Waals surface area contributed by atoms with Crippen molar-refractivity contribution < 1.29 is 18.7 Å². The molecule has 0 saturated carbocycles. The van der Waals surface area contributed by atoms with E-state index in [1.165, 1.54) is 22.7 Å². The summed E-state index contributed by atoms with van der Waals surface area (Å²) in [6, 6.07) is 22.9. The standard InChI is InChI=1S/C30H35FN2O3S/c1-22(2)18-32-30(35)28(17-23-9-5-4-6-10-23)33(19-25-11-7-8-12-27(25)31)29(34)21-37-20-24-13-15-26(36-3)16-14-24/h4-16,22,28H,17-21H2,1-3H3,(H,32,35)/t28-/m1/s1. The molecule has 3 aromatic carbocycles. The fraction of sp³-hybridized carbons (Fsp3) is 0.333. The molecule has 0 aromatic heterocycles. The van der Waals surface area contributed by atoms with Gasteiger partial charge in [0.25, 0.3) is 0 Å². The fourth-order valence-electron chi connectivity index (χ4n) is 3.85. The molecular formula is C30H35FN2O3S. The Hall–Kier alpha value is -3.32. The van der Waals surface area contributed by atoms with Gasteiger partial charge in [0, 0.05) is 30.8 Å². The zero-order chi connectivity index (χ0) is 26.6. The molecule has 0 saturated heterocycles. The van der Waals surface area contributed by atoms with Crippen LogP contribution in [-0.4, -0.2) is 42.2 Å². The van der Waals surface area contributed by atoms with Crippen LogP contribution in [0.15, 0.2) is 78.9 Å². The van der Waals surface area contributed by atoms with E-state index in [1.54, 1.807) is 25.3 Å². The minimum absolute atomic E-state index is 0.0151. The fourth-order valence-corrected chi connectivity index (χ4v) is 4.72. The summed E-state index contributed by atoms with van der Waals surface area (Å²) in [6.45, 7) is 4.55. The first-order valence-corrected chi connectivity index (χ1v) is 13.6. The Morgan fingerprint density at radius 2 is 1.62 bits per heavy atom. The Balaban J connectivity index is 1.83. The molecule has 1 N–H and O–H groups in total. The zero-order valence-electron chi connectivity index (χ0n) is 21.7. The van der Waals surface area contributed by atoms with Gasteiger partial charge in [0.2, 0.25) is 11.8 Å². The Morgan fingerprint density at radius 3 is 2.27 bits per heavy atom. The maximum atomic E-state index is 14.6. The van der Waals surface area contributed by atoms with Gasteiger partial charge < -0.3 is 15.0 Å². The van der Waals surface area contributed by atoms with Crippen molar-refractivity contribution in [1.29, 1.82) is 0 Å². The van der Waals surface area contributed by atoms with Crippen molar-refractivity contribution in [3.8, 4) is 5.75 Å². The molecule has 3 aromatic rings. The number of amides is 2. The number of carbonyl (C=O) groups excluding carboxylic acids is 2. The van der Waals surface area contributed by atoms with Gasteiger partial charge in [-0.15, -0.1) is 11.8 Å². The Labute approximate surface area is 223 Å². The highest BCUT2D eigenvalue weighted by molar-refractivity contribution is 7.99. The Bertz CT molecular complexity index is 1140. The second kappa shape index (κ2) is 14.4. The van der Waals surface area contributed by atoms with E-state index in [-0.39, 0.29) is 30.0 Å². The SMILES string of the molecule is COc1ccc(CSCC(=O)N(Cc2ccccc2F)[C@H](Cc2ccccc2)C(=O)NCC(C)C)cc1. The van der Waals surface area contributed by atoms with Crippen LogP contribution >= 0.6 is 11.8 Å². The molecular weight excluding hydrogens is 487 g/mol. The highest BCUT2D eigenvalue weighted by Gasteiger charge is 2.30. The summed E-state index contributed by atoms with van der Waals surface area (Å²) in [4.78, 5) is 28.5. The molecule has 196 valence electrons. The predicted molar refractivity (Wildman–Crippen MR) is 148 cm³/mol. The van der Waals surface area contributed by atoms with Crippen molar-refractivity contribution in [2.24, 2.45) is 5.92 Å². The summed E-state index contributed by atoms with van der Waals surface area (Å²) in [5.74, 6) is 1.00. The van der Waals surface area contributed by atoms with E-state index in [9.17, 15) is 14.0 Å². The van der Waals surface area contributed by atoms with Crippen molar-refractivity contribution in [2.45, 2.75) is 38.6 Å². The normalized spacial score (nSPS) is 11.7. The number of rotatable bonds is 13. The average Bonchev–Trinajstić information content (AvgIpc) is 2.91. The molecule has 0 bridgehead atoms. The van der Waals surface area contributed by atoms with E-state index in [2.05, 4.69) is 5.32 Å². The van der Waals surface area contributed by atoms with E-state index in [4.69, 9.17) is 4.74 Å². The number of halogens is 1. The van der Waals surface area contributed by atoms with Crippen LogP contribution in [0.1, 0.15) is 30.5 Å². The highest BCUT2D eigenvalue weighted by atomic mass is 32.2. The molecule has 7 heteroatoms. The van der Waals surface area contributed by atoms with E-state index >= 15 is 0 Å². The molecule has 0 radical (unpaired) electrons. The van der Waals surface area contributed by atoms with Crippen LogP contribution in [0, 0.1) is 11.7 Å². The van der Waals surface area contributed by atoms with E-state index < -0.39 is 11.9 Å². The number of hydrogen-bond donors (Lipinski definition) is 1. The number of thioether (sulfide) groups is 1. The Kier molecular flexibility index (Phi) is 11.0. The van der Waals surface area contributed by atoms with Gasteiger partial charge in [-0.05, 0) is 35.2 Å². The number of benzene rings is 3. The molecule has 5 nitrogen and oxygen atoms in total. The summed E-state index contributed by atoms with van der Waals surface area (Å²) in [6.07, 6.45) is 0.341. The van der Waals surface area contributed by atoms with Gasteiger partial charge >= 0.3 is 0 Å². The minimum Gasteiger partial charge on any atom is -0.497 e. The number of carbonyl (C=O) groups is 2. The first-order chi connectivity index (χ1) is 17.9. The van der Waals surface area contributed by atoms with Crippen molar-refractivity contribution in [3.05, 3.63) is 101 Å². The summed E-state index contributed by atoms with van der Waals surface area (Å²) in [7, 11) is 1.62. The van der Waals surface area contributed by atoms with Crippen LogP contribution in [-0.2, 0) is 28.3 Å². The quantitative estimate of drug-likeness (QED) is 0.323. The van der Waals surface area contributed by atoms with Crippen molar-refractivity contribution in [1.82, 2.24) is 10.2 Å². The summed E-state index contributed by atoms with van der Waals surface area (Å²) < 4.78 is 19.8. The third-order valence-electron chi connectivity index (χ3n) is 5.91. The molecule has 37 heavy (non-hydrogen) atoms. The van der Waals surface area contributed by atoms with Crippen LogP contribution in [0.3, 0.4) is 0 Å². The van der Waals surface area contributed by atoms with Crippen molar-refractivity contribution >= 4 is 23.6 Å². The topological polar surface area (TPSA) is 58.6 Å². The average molecular weight is 523 g/mol. The van der Waals surface area contributed by atoms with E-state index in [1.807, 2.05) is 68.4 Å². The lowest BCUT2D eigenvalue weighted by molar-refractivity contribution is -0.139. The van der Waals surface area contributed by atoms with Crippen LogP contribution in [0.5, 0.6) is 5.75 Å². The van der Waals surface area contributed by atoms with Gasteiger partial charge in [-0.2, -0.15) is 0 Å². The molecule has 0 aliphatic carbocycles. The Morgan fingerprint density at radius 1 is 0.946 bits per heavy atom. The second-order valence-corrected chi connectivity index (χ2v) is 10.3. The van der Waals surface area contributed by atoms with Gasteiger partial charge in [-0.3, -0.25) is 9.59 Å².